The Balaban J connectivity index is 1.77. The van der Waals surface area contributed by atoms with Crippen molar-refractivity contribution in [2.24, 2.45) is 11.7 Å². The van der Waals surface area contributed by atoms with Gasteiger partial charge in [-0.25, -0.2) is 0 Å². The van der Waals surface area contributed by atoms with E-state index in [1.165, 1.54) is 6.42 Å². The number of nitrogens with one attached hydrogen (secondary N) is 1. The molecule has 2 rings (SSSR count). The molecule has 1 aliphatic rings. The minimum Gasteiger partial charge on any atom is -0.494 e. The van der Waals surface area contributed by atoms with Crippen molar-refractivity contribution in [3.63, 3.8) is 0 Å². The van der Waals surface area contributed by atoms with Crippen molar-refractivity contribution in [2.75, 3.05) is 19.8 Å². The monoisotopic (exact) mass is 306 g/mol. The van der Waals surface area contributed by atoms with E-state index in [-0.39, 0.29) is 18.6 Å². The summed E-state index contributed by atoms with van der Waals surface area (Å²) in [6, 6.07) is 7.48. The van der Waals surface area contributed by atoms with Crippen molar-refractivity contribution >= 4 is 5.91 Å². The molecule has 22 heavy (non-hydrogen) atoms. The Morgan fingerprint density at radius 1 is 1.18 bits per heavy atom. The van der Waals surface area contributed by atoms with Gasteiger partial charge < -0.3 is 20.5 Å². The fraction of sp³-hybridized carbons (Fsp3) is 0.588. The zero-order valence-electron chi connectivity index (χ0n) is 13.2. The summed E-state index contributed by atoms with van der Waals surface area (Å²) in [5.74, 6) is 1.77. The topological polar surface area (TPSA) is 73.6 Å². The zero-order valence-corrected chi connectivity index (χ0v) is 13.2. The van der Waals surface area contributed by atoms with Crippen LogP contribution in [0.2, 0.25) is 0 Å². The molecule has 3 N–H and O–H groups in total. The summed E-state index contributed by atoms with van der Waals surface area (Å²) in [6.45, 7) is 3.23. The smallest absolute Gasteiger partial charge is 0.258 e. The molecule has 2 unspecified atom stereocenters. The van der Waals surface area contributed by atoms with Crippen LogP contribution in [0.5, 0.6) is 11.5 Å². The Kier molecular flexibility index (Phi) is 6.52. The highest BCUT2D eigenvalue weighted by atomic mass is 16.5. The highest BCUT2D eigenvalue weighted by molar-refractivity contribution is 5.77. The van der Waals surface area contributed by atoms with Crippen LogP contribution in [0.25, 0.3) is 0 Å². The number of benzene rings is 1. The number of amides is 1. The lowest BCUT2D eigenvalue weighted by molar-refractivity contribution is -0.124. The zero-order chi connectivity index (χ0) is 15.8. The number of hydrogen-bond acceptors (Lipinski definition) is 4. The third-order valence-electron chi connectivity index (χ3n) is 4.06. The molecule has 0 radical (unpaired) electrons. The lowest BCUT2D eigenvalue weighted by Gasteiger charge is -2.31. The Hall–Kier alpha value is -1.75. The van der Waals surface area contributed by atoms with Crippen molar-refractivity contribution in [1.82, 2.24) is 5.32 Å². The van der Waals surface area contributed by atoms with Gasteiger partial charge in [-0.2, -0.15) is 0 Å². The molecule has 1 aromatic rings. The van der Waals surface area contributed by atoms with Gasteiger partial charge in [0.05, 0.1) is 6.61 Å². The Morgan fingerprint density at radius 3 is 2.45 bits per heavy atom. The van der Waals surface area contributed by atoms with Crippen LogP contribution in [0.15, 0.2) is 24.3 Å². The summed E-state index contributed by atoms with van der Waals surface area (Å²) >= 11 is 0. The molecule has 0 aliphatic heterocycles. The number of rotatable bonds is 7. The van der Waals surface area contributed by atoms with Crippen LogP contribution >= 0.6 is 0 Å². The molecular weight excluding hydrogens is 280 g/mol. The normalized spacial score (nSPS) is 21.2. The van der Waals surface area contributed by atoms with Crippen LogP contribution in [-0.4, -0.2) is 31.7 Å². The molecule has 1 saturated carbocycles. The lowest BCUT2D eigenvalue weighted by Crippen LogP contribution is -2.46. The first-order chi connectivity index (χ1) is 10.7. The van der Waals surface area contributed by atoms with Crippen LogP contribution in [0, 0.1) is 5.92 Å². The Bertz CT molecular complexity index is 461. The highest BCUT2D eigenvalue weighted by Crippen LogP contribution is 2.23. The molecule has 0 saturated heterocycles. The van der Waals surface area contributed by atoms with Crippen LogP contribution in [0.4, 0.5) is 0 Å². The number of carbonyl (C=O) groups excluding carboxylic acids is 1. The largest absolute Gasteiger partial charge is 0.494 e. The second-order valence-corrected chi connectivity index (χ2v) is 5.65. The van der Waals surface area contributed by atoms with Gasteiger partial charge in [-0.3, -0.25) is 4.79 Å². The molecule has 2 atom stereocenters. The van der Waals surface area contributed by atoms with Gasteiger partial charge in [0.1, 0.15) is 11.5 Å². The maximum absolute atomic E-state index is 12.0. The van der Waals surface area contributed by atoms with Gasteiger partial charge in [0.25, 0.3) is 5.91 Å². The molecule has 0 aromatic heterocycles. The third-order valence-corrected chi connectivity index (χ3v) is 4.06. The standard InChI is InChI=1S/C17H26N2O3/c1-2-21-14-7-9-15(10-8-14)22-12-17(20)19-16-6-4-3-5-13(16)11-18/h7-10,13,16H,2-6,11-12,18H2,1H3,(H,19,20). The first-order valence-electron chi connectivity index (χ1n) is 8.08. The molecule has 122 valence electrons. The predicted molar refractivity (Wildman–Crippen MR) is 86.0 cm³/mol. The summed E-state index contributed by atoms with van der Waals surface area (Å²) in [6.07, 6.45) is 4.47. The number of carbonyl (C=O) groups is 1. The van der Waals surface area contributed by atoms with Gasteiger partial charge >= 0.3 is 0 Å². The van der Waals surface area contributed by atoms with E-state index >= 15 is 0 Å². The van der Waals surface area contributed by atoms with E-state index < -0.39 is 0 Å². The van der Waals surface area contributed by atoms with E-state index in [1.807, 2.05) is 31.2 Å². The Morgan fingerprint density at radius 2 is 1.82 bits per heavy atom. The van der Waals surface area contributed by atoms with Gasteiger partial charge in [0.15, 0.2) is 6.61 Å². The van der Waals surface area contributed by atoms with Crippen molar-refractivity contribution in [1.29, 1.82) is 0 Å². The van der Waals surface area contributed by atoms with Gasteiger partial charge in [0, 0.05) is 6.04 Å². The quantitative estimate of drug-likeness (QED) is 0.809. The molecule has 5 heteroatoms. The molecule has 1 aromatic carbocycles. The summed E-state index contributed by atoms with van der Waals surface area (Å²) in [7, 11) is 0. The molecule has 1 aliphatic carbocycles. The molecule has 5 nitrogen and oxygen atoms in total. The van der Waals surface area contributed by atoms with Crippen LogP contribution in [0.1, 0.15) is 32.6 Å². The Labute approximate surface area is 132 Å². The second kappa shape index (κ2) is 8.63. The summed E-state index contributed by atoms with van der Waals surface area (Å²) < 4.78 is 10.9. The van der Waals surface area contributed by atoms with Gasteiger partial charge in [-0.15, -0.1) is 0 Å². The van der Waals surface area contributed by atoms with E-state index in [9.17, 15) is 4.79 Å². The summed E-state index contributed by atoms with van der Waals surface area (Å²) in [5.41, 5.74) is 5.78. The third kappa shape index (κ3) is 4.91. The van der Waals surface area contributed by atoms with Crippen molar-refractivity contribution in [3.8, 4) is 11.5 Å². The van der Waals surface area contributed by atoms with Crippen molar-refractivity contribution < 1.29 is 14.3 Å². The number of ether oxygens (including phenoxy) is 2. The van der Waals surface area contributed by atoms with E-state index in [4.69, 9.17) is 15.2 Å². The van der Waals surface area contributed by atoms with E-state index in [0.717, 1.165) is 25.0 Å². The molecule has 1 amide bonds. The van der Waals surface area contributed by atoms with Crippen LogP contribution in [0.3, 0.4) is 0 Å². The fourth-order valence-electron chi connectivity index (χ4n) is 2.88. The van der Waals surface area contributed by atoms with Crippen molar-refractivity contribution in [2.45, 2.75) is 38.6 Å². The molecular formula is C17H26N2O3. The lowest BCUT2D eigenvalue weighted by atomic mass is 9.84. The maximum Gasteiger partial charge on any atom is 0.258 e. The number of hydrogen-bond donors (Lipinski definition) is 2. The van der Waals surface area contributed by atoms with Crippen LogP contribution < -0.4 is 20.5 Å². The SMILES string of the molecule is CCOc1ccc(OCC(=O)NC2CCCCC2CN)cc1. The first-order valence-corrected chi connectivity index (χ1v) is 8.08. The molecule has 0 heterocycles. The fourth-order valence-corrected chi connectivity index (χ4v) is 2.88. The van der Waals surface area contributed by atoms with Crippen molar-refractivity contribution in [3.05, 3.63) is 24.3 Å². The highest BCUT2D eigenvalue weighted by Gasteiger charge is 2.25. The summed E-state index contributed by atoms with van der Waals surface area (Å²) in [5, 5.41) is 3.05. The molecule has 1 fully saturated rings. The minimum absolute atomic E-state index is 0.0295. The minimum atomic E-state index is -0.0840. The van der Waals surface area contributed by atoms with E-state index in [0.29, 0.717) is 24.8 Å². The maximum atomic E-state index is 12.0. The average Bonchev–Trinajstić information content (AvgIpc) is 2.55. The summed E-state index contributed by atoms with van der Waals surface area (Å²) in [4.78, 5) is 12.0. The second-order valence-electron chi connectivity index (χ2n) is 5.65. The average molecular weight is 306 g/mol. The van der Waals surface area contributed by atoms with E-state index in [2.05, 4.69) is 5.32 Å². The van der Waals surface area contributed by atoms with Gasteiger partial charge in [-0.1, -0.05) is 12.8 Å². The van der Waals surface area contributed by atoms with Gasteiger partial charge in [0.2, 0.25) is 0 Å². The number of nitrogens with two attached hydrogens (primary N) is 1. The first kappa shape index (κ1) is 16.6. The predicted octanol–water partition coefficient (Wildman–Crippen LogP) is 2.10. The van der Waals surface area contributed by atoms with Gasteiger partial charge in [-0.05, 0) is 56.5 Å². The van der Waals surface area contributed by atoms with Crippen LogP contribution in [-0.2, 0) is 4.79 Å². The molecule has 0 bridgehead atoms. The molecule has 0 spiro atoms. The van der Waals surface area contributed by atoms with E-state index in [1.54, 1.807) is 0 Å².